The van der Waals surface area contributed by atoms with Crippen LogP contribution in [0, 0.1) is 11.8 Å². The molecule has 2 rings (SSSR count). The summed E-state index contributed by atoms with van der Waals surface area (Å²) in [6.45, 7) is 4.35. The molecule has 2 heteroatoms. The molecule has 1 saturated carbocycles. The first kappa shape index (κ1) is 11.7. The summed E-state index contributed by atoms with van der Waals surface area (Å²) in [7, 11) is 0. The summed E-state index contributed by atoms with van der Waals surface area (Å²) in [5.41, 5.74) is 0. The zero-order valence-electron chi connectivity index (χ0n) is 10.2. The minimum absolute atomic E-state index is 0.875. The molecule has 0 aromatic carbocycles. The average Bonchev–Trinajstić information content (AvgIpc) is 2.82. The van der Waals surface area contributed by atoms with Gasteiger partial charge in [0.15, 0.2) is 0 Å². The van der Waals surface area contributed by atoms with Crippen LogP contribution in [-0.2, 0) is 6.54 Å². The lowest BCUT2D eigenvalue weighted by Gasteiger charge is -2.28. The average molecular weight is 221 g/mol. The molecule has 0 spiro atoms. The van der Waals surface area contributed by atoms with Crippen LogP contribution in [0.25, 0.3) is 0 Å². The van der Waals surface area contributed by atoms with E-state index in [0.717, 1.165) is 30.7 Å². The van der Waals surface area contributed by atoms with Crippen molar-refractivity contribution in [2.45, 2.75) is 45.6 Å². The van der Waals surface area contributed by atoms with E-state index >= 15 is 0 Å². The highest BCUT2D eigenvalue weighted by Gasteiger charge is 2.20. The molecule has 16 heavy (non-hydrogen) atoms. The van der Waals surface area contributed by atoms with E-state index in [9.17, 15) is 0 Å². The summed E-state index contributed by atoms with van der Waals surface area (Å²) in [6, 6.07) is 3.98. The summed E-state index contributed by atoms with van der Waals surface area (Å²) >= 11 is 0. The molecule has 1 fully saturated rings. The largest absolute Gasteiger partial charge is 0.468 e. The molecule has 90 valence electrons. The van der Waals surface area contributed by atoms with Gasteiger partial charge in [-0.05, 0) is 43.4 Å². The van der Waals surface area contributed by atoms with Gasteiger partial charge in [0.25, 0.3) is 0 Å². The van der Waals surface area contributed by atoms with Gasteiger partial charge >= 0.3 is 0 Å². The van der Waals surface area contributed by atoms with Gasteiger partial charge in [-0.2, -0.15) is 0 Å². The van der Waals surface area contributed by atoms with Crippen molar-refractivity contribution in [1.82, 2.24) is 5.32 Å². The molecule has 1 aliphatic carbocycles. The number of hydrogen-bond acceptors (Lipinski definition) is 2. The SMILES string of the molecule is CCC1CCCC(CNCc2ccco2)C1. The minimum atomic E-state index is 0.875. The van der Waals surface area contributed by atoms with Gasteiger partial charge in [-0.1, -0.05) is 26.2 Å². The van der Waals surface area contributed by atoms with Gasteiger partial charge < -0.3 is 9.73 Å². The van der Waals surface area contributed by atoms with Crippen molar-refractivity contribution in [2.75, 3.05) is 6.54 Å². The van der Waals surface area contributed by atoms with Gasteiger partial charge in [-0.3, -0.25) is 0 Å². The third-order valence-corrected chi connectivity index (χ3v) is 3.78. The second kappa shape index (κ2) is 6.09. The molecule has 0 radical (unpaired) electrons. The van der Waals surface area contributed by atoms with E-state index in [1.165, 1.54) is 32.1 Å². The Labute approximate surface area is 98.4 Å². The lowest BCUT2D eigenvalue weighted by Crippen LogP contribution is -2.26. The fraction of sp³-hybridized carbons (Fsp3) is 0.714. The van der Waals surface area contributed by atoms with Crippen molar-refractivity contribution < 1.29 is 4.42 Å². The molecule has 1 aliphatic rings. The molecule has 0 amide bonds. The van der Waals surface area contributed by atoms with Gasteiger partial charge in [-0.15, -0.1) is 0 Å². The molecule has 1 aromatic heterocycles. The monoisotopic (exact) mass is 221 g/mol. The summed E-state index contributed by atoms with van der Waals surface area (Å²) < 4.78 is 5.30. The second-order valence-corrected chi connectivity index (χ2v) is 5.02. The van der Waals surface area contributed by atoms with E-state index in [-0.39, 0.29) is 0 Å². The van der Waals surface area contributed by atoms with E-state index in [1.54, 1.807) is 6.26 Å². The highest BCUT2D eigenvalue weighted by atomic mass is 16.3. The smallest absolute Gasteiger partial charge is 0.117 e. The highest BCUT2D eigenvalue weighted by molar-refractivity contribution is 4.97. The lowest BCUT2D eigenvalue weighted by atomic mass is 9.80. The molecule has 1 N–H and O–H groups in total. The Balaban J connectivity index is 1.65. The van der Waals surface area contributed by atoms with Crippen LogP contribution in [0.5, 0.6) is 0 Å². The molecule has 0 aliphatic heterocycles. The normalized spacial score (nSPS) is 25.8. The van der Waals surface area contributed by atoms with Crippen LogP contribution >= 0.6 is 0 Å². The quantitative estimate of drug-likeness (QED) is 0.822. The number of rotatable bonds is 5. The lowest BCUT2D eigenvalue weighted by molar-refractivity contribution is 0.252. The summed E-state index contributed by atoms with van der Waals surface area (Å²) in [6.07, 6.45) is 8.79. The predicted molar refractivity (Wildman–Crippen MR) is 66.2 cm³/mol. The van der Waals surface area contributed by atoms with E-state index < -0.39 is 0 Å². The Bertz CT molecular complexity index is 281. The second-order valence-electron chi connectivity index (χ2n) is 5.02. The standard InChI is InChI=1S/C14H23NO/c1-2-12-5-3-6-13(9-12)10-15-11-14-7-4-8-16-14/h4,7-8,12-13,15H,2-3,5-6,9-11H2,1H3. The first-order chi connectivity index (χ1) is 7.88. The van der Waals surface area contributed by atoms with Crippen molar-refractivity contribution in [3.8, 4) is 0 Å². The Morgan fingerprint density at radius 2 is 2.25 bits per heavy atom. The third-order valence-electron chi connectivity index (χ3n) is 3.78. The number of nitrogens with one attached hydrogen (secondary N) is 1. The fourth-order valence-corrected chi connectivity index (χ4v) is 2.77. The maximum atomic E-state index is 5.30. The first-order valence-corrected chi connectivity index (χ1v) is 6.61. The maximum Gasteiger partial charge on any atom is 0.117 e. The maximum absolute atomic E-state index is 5.30. The zero-order chi connectivity index (χ0) is 11.2. The van der Waals surface area contributed by atoms with Crippen molar-refractivity contribution in [3.05, 3.63) is 24.2 Å². The van der Waals surface area contributed by atoms with E-state index in [4.69, 9.17) is 4.42 Å². The molecule has 2 nitrogen and oxygen atoms in total. The molecular formula is C14H23NO. The summed E-state index contributed by atoms with van der Waals surface area (Å²) in [5.74, 6) is 2.90. The number of hydrogen-bond donors (Lipinski definition) is 1. The van der Waals surface area contributed by atoms with Crippen molar-refractivity contribution in [3.63, 3.8) is 0 Å². The van der Waals surface area contributed by atoms with Gasteiger partial charge in [0.2, 0.25) is 0 Å². The molecular weight excluding hydrogens is 198 g/mol. The van der Waals surface area contributed by atoms with Crippen LogP contribution in [0.15, 0.2) is 22.8 Å². The zero-order valence-corrected chi connectivity index (χ0v) is 10.2. The Morgan fingerprint density at radius 1 is 1.38 bits per heavy atom. The van der Waals surface area contributed by atoms with Crippen LogP contribution in [-0.4, -0.2) is 6.54 Å². The Morgan fingerprint density at radius 3 is 3.00 bits per heavy atom. The van der Waals surface area contributed by atoms with Crippen LogP contribution < -0.4 is 5.32 Å². The molecule has 1 aromatic rings. The minimum Gasteiger partial charge on any atom is -0.468 e. The van der Waals surface area contributed by atoms with Gasteiger partial charge in [-0.25, -0.2) is 0 Å². The van der Waals surface area contributed by atoms with Gasteiger partial charge in [0.05, 0.1) is 12.8 Å². The molecule has 2 unspecified atom stereocenters. The van der Waals surface area contributed by atoms with E-state index in [2.05, 4.69) is 12.2 Å². The van der Waals surface area contributed by atoms with Crippen molar-refractivity contribution in [2.24, 2.45) is 11.8 Å². The van der Waals surface area contributed by atoms with Crippen molar-refractivity contribution >= 4 is 0 Å². The molecule has 1 heterocycles. The molecule has 0 bridgehead atoms. The third kappa shape index (κ3) is 3.38. The van der Waals surface area contributed by atoms with Gasteiger partial charge in [0, 0.05) is 0 Å². The van der Waals surface area contributed by atoms with Crippen LogP contribution in [0.4, 0.5) is 0 Å². The van der Waals surface area contributed by atoms with E-state index in [0.29, 0.717) is 0 Å². The fourth-order valence-electron chi connectivity index (χ4n) is 2.77. The van der Waals surface area contributed by atoms with Crippen LogP contribution in [0.2, 0.25) is 0 Å². The van der Waals surface area contributed by atoms with Gasteiger partial charge in [0.1, 0.15) is 5.76 Å². The van der Waals surface area contributed by atoms with Crippen LogP contribution in [0.3, 0.4) is 0 Å². The topological polar surface area (TPSA) is 25.2 Å². The number of furan rings is 1. The highest BCUT2D eigenvalue weighted by Crippen LogP contribution is 2.30. The Hall–Kier alpha value is -0.760. The first-order valence-electron chi connectivity index (χ1n) is 6.61. The summed E-state index contributed by atoms with van der Waals surface area (Å²) in [5, 5.41) is 3.51. The molecule has 0 saturated heterocycles. The predicted octanol–water partition coefficient (Wildman–Crippen LogP) is 3.59. The molecule has 2 atom stereocenters. The Kier molecular flexibility index (Phi) is 4.46. The van der Waals surface area contributed by atoms with Crippen molar-refractivity contribution in [1.29, 1.82) is 0 Å². The van der Waals surface area contributed by atoms with E-state index in [1.807, 2.05) is 12.1 Å². The van der Waals surface area contributed by atoms with Crippen LogP contribution in [0.1, 0.15) is 44.8 Å². The summed E-state index contributed by atoms with van der Waals surface area (Å²) in [4.78, 5) is 0.